The zero-order valence-corrected chi connectivity index (χ0v) is 15.7. The third-order valence-electron chi connectivity index (χ3n) is 3.83. The zero-order valence-electron chi connectivity index (χ0n) is 15.7. The van der Waals surface area contributed by atoms with Crippen molar-refractivity contribution in [1.82, 2.24) is 0 Å². The average Bonchev–Trinajstić information content (AvgIpc) is 2.67. The third-order valence-corrected chi connectivity index (χ3v) is 3.83. The van der Waals surface area contributed by atoms with E-state index in [-0.39, 0.29) is 18.6 Å². The Morgan fingerprint density at radius 1 is 0.962 bits per heavy atom. The van der Waals surface area contributed by atoms with Crippen molar-refractivity contribution >= 4 is 17.3 Å². The molecule has 0 aliphatic carbocycles. The lowest BCUT2D eigenvalue weighted by molar-refractivity contribution is -0.114. The minimum Gasteiger partial charge on any atom is -0.494 e. The summed E-state index contributed by atoms with van der Waals surface area (Å²) in [7, 11) is 0. The van der Waals surface area contributed by atoms with Crippen LogP contribution in [0, 0.1) is 0 Å². The summed E-state index contributed by atoms with van der Waals surface area (Å²) in [5.74, 6) is 1.54. The molecule has 0 heterocycles. The number of amides is 1. The smallest absolute Gasteiger partial charge is 0.243 e. The highest BCUT2D eigenvalue weighted by molar-refractivity contribution is 5.93. The molecule has 0 radical (unpaired) electrons. The SMILES string of the molecule is CCCOc1ccc(NC(=O)CNc2ccc(OC(C)CC)cc2)cc1. The van der Waals surface area contributed by atoms with Crippen LogP contribution in [0.25, 0.3) is 0 Å². The van der Waals surface area contributed by atoms with E-state index in [2.05, 4.69) is 24.5 Å². The molecule has 0 saturated heterocycles. The van der Waals surface area contributed by atoms with Gasteiger partial charge in [-0.05, 0) is 68.3 Å². The van der Waals surface area contributed by atoms with Crippen LogP contribution >= 0.6 is 0 Å². The van der Waals surface area contributed by atoms with Gasteiger partial charge in [0.05, 0.1) is 19.3 Å². The molecule has 2 aromatic rings. The number of rotatable bonds is 10. The second-order valence-corrected chi connectivity index (χ2v) is 6.14. The summed E-state index contributed by atoms with van der Waals surface area (Å²) in [5.41, 5.74) is 1.62. The number of ether oxygens (including phenoxy) is 2. The molecule has 0 fully saturated rings. The molecule has 2 N–H and O–H groups in total. The maximum absolute atomic E-state index is 12.1. The molecule has 0 saturated carbocycles. The van der Waals surface area contributed by atoms with Crippen LogP contribution in [0.2, 0.25) is 0 Å². The number of hydrogen-bond donors (Lipinski definition) is 2. The van der Waals surface area contributed by atoms with Crippen LogP contribution in [0.5, 0.6) is 11.5 Å². The molecule has 5 nitrogen and oxygen atoms in total. The van der Waals surface area contributed by atoms with E-state index in [9.17, 15) is 4.79 Å². The quantitative estimate of drug-likeness (QED) is 0.648. The van der Waals surface area contributed by atoms with Crippen LogP contribution in [-0.4, -0.2) is 25.2 Å². The predicted octanol–water partition coefficient (Wildman–Crippen LogP) is 4.70. The van der Waals surface area contributed by atoms with Crippen molar-refractivity contribution in [3.05, 3.63) is 48.5 Å². The Morgan fingerprint density at radius 2 is 1.58 bits per heavy atom. The Bertz CT molecular complexity index is 669. The standard InChI is InChI=1S/C21H28N2O3/c1-4-14-25-19-10-8-18(9-11-19)23-21(24)15-22-17-6-12-20(13-7-17)26-16(3)5-2/h6-13,16,22H,4-5,14-15H2,1-3H3,(H,23,24). The second-order valence-electron chi connectivity index (χ2n) is 6.14. The number of benzene rings is 2. The van der Waals surface area contributed by atoms with Gasteiger partial charge in [-0.25, -0.2) is 0 Å². The van der Waals surface area contributed by atoms with Crippen molar-refractivity contribution in [1.29, 1.82) is 0 Å². The minimum atomic E-state index is -0.104. The van der Waals surface area contributed by atoms with Crippen LogP contribution in [0.1, 0.15) is 33.6 Å². The van der Waals surface area contributed by atoms with E-state index in [4.69, 9.17) is 9.47 Å². The summed E-state index contributed by atoms with van der Waals surface area (Å²) in [6, 6.07) is 15.0. The Kier molecular flexibility index (Phi) is 7.80. The van der Waals surface area contributed by atoms with E-state index in [1.807, 2.05) is 55.5 Å². The van der Waals surface area contributed by atoms with E-state index in [1.165, 1.54) is 0 Å². The van der Waals surface area contributed by atoms with Crippen molar-refractivity contribution in [2.24, 2.45) is 0 Å². The van der Waals surface area contributed by atoms with E-state index in [1.54, 1.807) is 0 Å². The number of carbonyl (C=O) groups excluding carboxylic acids is 1. The Balaban J connectivity index is 1.77. The van der Waals surface area contributed by atoms with Gasteiger partial charge in [-0.2, -0.15) is 0 Å². The van der Waals surface area contributed by atoms with E-state index < -0.39 is 0 Å². The van der Waals surface area contributed by atoms with Gasteiger partial charge in [0.15, 0.2) is 0 Å². The molecule has 26 heavy (non-hydrogen) atoms. The molecule has 0 aromatic heterocycles. The first kappa shape index (κ1) is 19.6. The first-order valence-electron chi connectivity index (χ1n) is 9.14. The van der Waals surface area contributed by atoms with Crippen molar-refractivity contribution in [2.45, 2.75) is 39.7 Å². The molecule has 1 atom stereocenters. The highest BCUT2D eigenvalue weighted by atomic mass is 16.5. The van der Waals surface area contributed by atoms with Crippen molar-refractivity contribution < 1.29 is 14.3 Å². The van der Waals surface area contributed by atoms with Gasteiger partial charge in [-0.3, -0.25) is 4.79 Å². The Labute approximate surface area is 155 Å². The second kappa shape index (κ2) is 10.3. The summed E-state index contributed by atoms with van der Waals surface area (Å²) in [6.45, 7) is 7.08. The van der Waals surface area contributed by atoms with Gasteiger partial charge in [0.2, 0.25) is 5.91 Å². The summed E-state index contributed by atoms with van der Waals surface area (Å²) in [6.07, 6.45) is 2.12. The molecule has 1 amide bonds. The van der Waals surface area contributed by atoms with Crippen molar-refractivity contribution in [3.8, 4) is 11.5 Å². The molecular formula is C21H28N2O3. The fourth-order valence-electron chi connectivity index (χ4n) is 2.21. The first-order chi connectivity index (χ1) is 12.6. The molecule has 2 aromatic carbocycles. The largest absolute Gasteiger partial charge is 0.494 e. The van der Waals surface area contributed by atoms with Gasteiger partial charge in [-0.15, -0.1) is 0 Å². The monoisotopic (exact) mass is 356 g/mol. The highest BCUT2D eigenvalue weighted by Gasteiger charge is 2.04. The minimum absolute atomic E-state index is 0.104. The summed E-state index contributed by atoms with van der Waals surface area (Å²) < 4.78 is 11.3. The van der Waals surface area contributed by atoms with Crippen molar-refractivity contribution in [3.63, 3.8) is 0 Å². The molecule has 140 valence electrons. The number of carbonyl (C=O) groups is 1. The van der Waals surface area contributed by atoms with E-state index in [0.29, 0.717) is 6.61 Å². The van der Waals surface area contributed by atoms with E-state index in [0.717, 1.165) is 35.7 Å². The Morgan fingerprint density at radius 3 is 2.19 bits per heavy atom. The predicted molar refractivity (Wildman–Crippen MR) is 106 cm³/mol. The fourth-order valence-corrected chi connectivity index (χ4v) is 2.21. The number of nitrogens with one attached hydrogen (secondary N) is 2. The van der Waals surface area contributed by atoms with Gasteiger partial charge in [0.1, 0.15) is 11.5 Å². The molecule has 2 rings (SSSR count). The lowest BCUT2D eigenvalue weighted by atomic mass is 10.2. The van der Waals surface area contributed by atoms with Crippen LogP contribution < -0.4 is 20.1 Å². The van der Waals surface area contributed by atoms with Gasteiger partial charge in [0.25, 0.3) is 0 Å². The molecule has 1 unspecified atom stereocenters. The number of anilines is 2. The van der Waals surface area contributed by atoms with Crippen LogP contribution in [0.3, 0.4) is 0 Å². The van der Waals surface area contributed by atoms with Gasteiger partial charge < -0.3 is 20.1 Å². The molecule has 0 aliphatic rings. The van der Waals surface area contributed by atoms with Crippen LogP contribution in [0.4, 0.5) is 11.4 Å². The number of hydrogen-bond acceptors (Lipinski definition) is 4. The molecule has 0 bridgehead atoms. The first-order valence-corrected chi connectivity index (χ1v) is 9.14. The topological polar surface area (TPSA) is 59.6 Å². The summed E-state index contributed by atoms with van der Waals surface area (Å²) in [5, 5.41) is 5.97. The van der Waals surface area contributed by atoms with Gasteiger partial charge in [0, 0.05) is 11.4 Å². The molecule has 0 aliphatic heterocycles. The molecule has 0 spiro atoms. The third kappa shape index (κ3) is 6.67. The van der Waals surface area contributed by atoms with E-state index >= 15 is 0 Å². The summed E-state index contributed by atoms with van der Waals surface area (Å²) >= 11 is 0. The van der Waals surface area contributed by atoms with Crippen molar-refractivity contribution in [2.75, 3.05) is 23.8 Å². The van der Waals surface area contributed by atoms with Gasteiger partial charge >= 0.3 is 0 Å². The lowest BCUT2D eigenvalue weighted by Gasteiger charge is -2.13. The maximum Gasteiger partial charge on any atom is 0.243 e. The fraction of sp³-hybridized carbons (Fsp3) is 0.381. The van der Waals surface area contributed by atoms with Crippen LogP contribution in [0.15, 0.2) is 48.5 Å². The maximum atomic E-state index is 12.1. The highest BCUT2D eigenvalue weighted by Crippen LogP contribution is 2.18. The zero-order chi connectivity index (χ0) is 18.8. The summed E-state index contributed by atoms with van der Waals surface area (Å²) in [4.78, 5) is 12.1. The van der Waals surface area contributed by atoms with Crippen LogP contribution in [-0.2, 0) is 4.79 Å². The Hall–Kier alpha value is -2.69. The average molecular weight is 356 g/mol. The molecular weight excluding hydrogens is 328 g/mol. The normalized spacial score (nSPS) is 11.5. The molecule has 5 heteroatoms. The van der Waals surface area contributed by atoms with Gasteiger partial charge in [-0.1, -0.05) is 13.8 Å². The lowest BCUT2D eigenvalue weighted by Crippen LogP contribution is -2.21.